The van der Waals surface area contributed by atoms with Crippen molar-refractivity contribution >= 4 is 12.2 Å². The Hall–Kier alpha value is -1.62. The number of carbonyl (C=O) groups excluding carboxylic acids is 2. The minimum Gasteiger partial charge on any atom is -0.383 e. The van der Waals surface area contributed by atoms with E-state index in [-0.39, 0.29) is 5.91 Å². The topological polar surface area (TPSA) is 71.2 Å². The van der Waals surface area contributed by atoms with Crippen molar-refractivity contribution < 1.29 is 14.3 Å². The maximum atomic E-state index is 11.3. The van der Waals surface area contributed by atoms with Crippen LogP contribution in [0.25, 0.3) is 0 Å². The Kier molecular flexibility index (Phi) is 3.87. The van der Waals surface area contributed by atoms with Crippen LogP contribution in [0.3, 0.4) is 0 Å². The molecule has 2 N–H and O–H groups in total. The Bertz CT molecular complexity index is 320. The molecule has 5 nitrogen and oxygen atoms in total. The van der Waals surface area contributed by atoms with Crippen LogP contribution >= 0.6 is 0 Å². The van der Waals surface area contributed by atoms with E-state index in [4.69, 9.17) is 4.74 Å². The van der Waals surface area contributed by atoms with Crippen LogP contribution < -0.4 is 5.32 Å². The van der Waals surface area contributed by atoms with Crippen LogP contribution in [0.1, 0.15) is 20.8 Å². The first-order chi connectivity index (χ1) is 6.77. The fraction of sp³-hybridized carbons (Fsp3) is 0.333. The number of amides is 1. The lowest BCUT2D eigenvalue weighted by atomic mass is 10.3. The summed E-state index contributed by atoms with van der Waals surface area (Å²) >= 11 is 0. The van der Waals surface area contributed by atoms with E-state index in [1.54, 1.807) is 7.11 Å². The van der Waals surface area contributed by atoms with Crippen molar-refractivity contribution in [2.75, 3.05) is 20.3 Å². The summed E-state index contributed by atoms with van der Waals surface area (Å²) in [5.74, 6) is -0.241. The molecule has 0 spiro atoms. The van der Waals surface area contributed by atoms with Gasteiger partial charge in [-0.25, -0.2) is 0 Å². The summed E-state index contributed by atoms with van der Waals surface area (Å²) < 4.78 is 4.77. The van der Waals surface area contributed by atoms with E-state index in [1.165, 1.54) is 12.3 Å². The summed E-state index contributed by atoms with van der Waals surface area (Å²) in [6.45, 7) is 0.914. The van der Waals surface area contributed by atoms with Crippen molar-refractivity contribution in [2.45, 2.75) is 0 Å². The van der Waals surface area contributed by atoms with Crippen LogP contribution in [-0.4, -0.2) is 37.4 Å². The smallest absolute Gasteiger partial charge is 0.267 e. The molecule has 0 aliphatic heterocycles. The molecule has 1 aromatic heterocycles. The zero-order chi connectivity index (χ0) is 10.4. The standard InChI is InChI=1S/C9H12N2O3/c1-14-3-2-10-9(13)8-4-7(6-12)5-11-8/h4-6,11H,2-3H2,1H3,(H,10,13). The summed E-state index contributed by atoms with van der Waals surface area (Å²) in [5, 5.41) is 2.63. The summed E-state index contributed by atoms with van der Waals surface area (Å²) in [7, 11) is 1.56. The maximum Gasteiger partial charge on any atom is 0.267 e. The molecule has 0 saturated heterocycles. The van der Waals surface area contributed by atoms with Gasteiger partial charge in [0.1, 0.15) is 5.69 Å². The summed E-state index contributed by atoms with van der Waals surface area (Å²) in [5.41, 5.74) is 0.838. The van der Waals surface area contributed by atoms with Crippen molar-refractivity contribution in [3.8, 4) is 0 Å². The lowest BCUT2D eigenvalue weighted by Gasteiger charge is -2.01. The van der Waals surface area contributed by atoms with Crippen molar-refractivity contribution in [1.82, 2.24) is 10.3 Å². The first-order valence-electron chi connectivity index (χ1n) is 4.18. The van der Waals surface area contributed by atoms with Gasteiger partial charge < -0.3 is 15.0 Å². The summed E-state index contributed by atoms with van der Waals surface area (Å²) in [6, 6.07) is 1.50. The molecule has 0 aromatic carbocycles. The third kappa shape index (κ3) is 2.70. The molecule has 0 saturated carbocycles. The quantitative estimate of drug-likeness (QED) is 0.522. The Balaban J connectivity index is 2.47. The van der Waals surface area contributed by atoms with E-state index < -0.39 is 0 Å². The molecule has 0 aliphatic carbocycles. The highest BCUT2D eigenvalue weighted by Crippen LogP contribution is 1.99. The van der Waals surface area contributed by atoms with Gasteiger partial charge in [-0.15, -0.1) is 0 Å². The third-order valence-corrected chi connectivity index (χ3v) is 1.68. The van der Waals surface area contributed by atoms with Crippen molar-refractivity contribution in [2.24, 2.45) is 0 Å². The van der Waals surface area contributed by atoms with Gasteiger partial charge in [-0.3, -0.25) is 9.59 Å². The molecule has 0 bridgehead atoms. The fourth-order valence-electron chi connectivity index (χ4n) is 0.972. The monoisotopic (exact) mass is 196 g/mol. The average molecular weight is 196 g/mol. The van der Waals surface area contributed by atoms with Gasteiger partial charge in [-0.05, 0) is 6.07 Å². The number of H-pyrrole nitrogens is 1. The number of aromatic amines is 1. The normalized spacial score (nSPS) is 9.79. The minimum absolute atomic E-state index is 0.241. The van der Waals surface area contributed by atoms with E-state index in [2.05, 4.69) is 10.3 Å². The number of aldehydes is 1. The molecule has 1 heterocycles. The fourth-order valence-corrected chi connectivity index (χ4v) is 0.972. The number of rotatable bonds is 5. The highest BCUT2D eigenvalue weighted by atomic mass is 16.5. The molecule has 1 rings (SSSR count). The number of ether oxygens (including phenoxy) is 1. The molecule has 0 fully saturated rings. The molecule has 0 atom stereocenters. The first kappa shape index (κ1) is 10.5. The predicted molar refractivity (Wildman–Crippen MR) is 50.4 cm³/mol. The van der Waals surface area contributed by atoms with Crippen molar-refractivity contribution in [1.29, 1.82) is 0 Å². The molecule has 0 radical (unpaired) electrons. The number of hydrogen-bond donors (Lipinski definition) is 2. The largest absolute Gasteiger partial charge is 0.383 e. The Morgan fingerprint density at radius 2 is 2.50 bits per heavy atom. The molecule has 76 valence electrons. The first-order valence-corrected chi connectivity index (χ1v) is 4.18. The second-order valence-corrected chi connectivity index (χ2v) is 2.71. The predicted octanol–water partition coefficient (Wildman–Crippen LogP) is 0.203. The average Bonchev–Trinajstić information content (AvgIpc) is 2.66. The van der Waals surface area contributed by atoms with Gasteiger partial charge in [0.2, 0.25) is 0 Å². The Morgan fingerprint density at radius 1 is 1.71 bits per heavy atom. The Morgan fingerprint density at radius 3 is 3.07 bits per heavy atom. The van der Waals surface area contributed by atoms with Crippen LogP contribution in [0, 0.1) is 0 Å². The zero-order valence-electron chi connectivity index (χ0n) is 7.87. The van der Waals surface area contributed by atoms with E-state index in [0.29, 0.717) is 30.7 Å². The van der Waals surface area contributed by atoms with Gasteiger partial charge in [0.25, 0.3) is 5.91 Å². The van der Waals surface area contributed by atoms with Crippen LogP contribution in [-0.2, 0) is 4.74 Å². The van der Waals surface area contributed by atoms with Crippen molar-refractivity contribution in [3.05, 3.63) is 23.5 Å². The number of aromatic nitrogens is 1. The van der Waals surface area contributed by atoms with E-state index in [1.807, 2.05) is 0 Å². The Labute approximate surface area is 81.5 Å². The van der Waals surface area contributed by atoms with Crippen LogP contribution in [0.5, 0.6) is 0 Å². The third-order valence-electron chi connectivity index (χ3n) is 1.68. The van der Waals surface area contributed by atoms with E-state index >= 15 is 0 Å². The SMILES string of the molecule is COCCNC(=O)c1cc(C=O)c[nH]1. The molecule has 5 heteroatoms. The molecule has 0 aliphatic rings. The highest BCUT2D eigenvalue weighted by molar-refractivity contribution is 5.94. The molecular weight excluding hydrogens is 184 g/mol. The van der Waals surface area contributed by atoms with Gasteiger partial charge >= 0.3 is 0 Å². The number of nitrogens with one attached hydrogen (secondary N) is 2. The number of hydrogen-bond acceptors (Lipinski definition) is 3. The maximum absolute atomic E-state index is 11.3. The second-order valence-electron chi connectivity index (χ2n) is 2.71. The molecule has 1 amide bonds. The minimum atomic E-state index is -0.241. The van der Waals surface area contributed by atoms with E-state index in [0.717, 1.165) is 0 Å². The molecule has 0 unspecified atom stereocenters. The zero-order valence-corrected chi connectivity index (χ0v) is 7.87. The van der Waals surface area contributed by atoms with Gasteiger partial charge in [0.15, 0.2) is 6.29 Å². The number of methoxy groups -OCH3 is 1. The van der Waals surface area contributed by atoms with Gasteiger partial charge in [0, 0.05) is 25.4 Å². The lowest BCUT2D eigenvalue weighted by Crippen LogP contribution is -2.27. The second kappa shape index (κ2) is 5.18. The van der Waals surface area contributed by atoms with E-state index in [9.17, 15) is 9.59 Å². The van der Waals surface area contributed by atoms with Crippen LogP contribution in [0.4, 0.5) is 0 Å². The van der Waals surface area contributed by atoms with Crippen LogP contribution in [0.15, 0.2) is 12.3 Å². The highest BCUT2D eigenvalue weighted by Gasteiger charge is 2.06. The van der Waals surface area contributed by atoms with Gasteiger partial charge in [-0.2, -0.15) is 0 Å². The number of carbonyl (C=O) groups is 2. The van der Waals surface area contributed by atoms with Crippen molar-refractivity contribution in [3.63, 3.8) is 0 Å². The van der Waals surface area contributed by atoms with Gasteiger partial charge in [-0.1, -0.05) is 0 Å². The molecular formula is C9H12N2O3. The summed E-state index contributed by atoms with van der Waals surface area (Å²) in [4.78, 5) is 24.4. The molecule has 14 heavy (non-hydrogen) atoms. The van der Waals surface area contributed by atoms with Crippen LogP contribution in [0.2, 0.25) is 0 Å². The molecule has 1 aromatic rings. The lowest BCUT2D eigenvalue weighted by molar-refractivity contribution is 0.0932. The summed E-state index contributed by atoms with van der Waals surface area (Å²) in [6.07, 6.45) is 2.17. The van der Waals surface area contributed by atoms with Gasteiger partial charge in [0.05, 0.1) is 6.61 Å².